The molecule has 3 heteroatoms. The van der Waals surface area contributed by atoms with Crippen molar-refractivity contribution < 1.29 is 9.84 Å². The molecule has 1 aromatic carbocycles. The number of nitrogens with zero attached hydrogens (tertiary/aromatic N) is 1. The summed E-state index contributed by atoms with van der Waals surface area (Å²) in [6.07, 6.45) is 0. The molecular weight excluding hydrogens is 178 g/mol. The number of methoxy groups -OCH3 is 1. The molecule has 0 aliphatic carbocycles. The number of nitriles is 1. The fraction of sp³-hybridized carbons (Fsp3) is 0.364. The summed E-state index contributed by atoms with van der Waals surface area (Å²) in [5.41, 5.74) is 0.194. The minimum atomic E-state index is -1.04. The van der Waals surface area contributed by atoms with E-state index in [9.17, 15) is 5.11 Å². The molecule has 0 radical (unpaired) electrons. The van der Waals surface area contributed by atoms with Crippen molar-refractivity contribution in [2.45, 2.75) is 12.5 Å². The van der Waals surface area contributed by atoms with Crippen LogP contribution in [0.5, 0.6) is 0 Å². The van der Waals surface area contributed by atoms with Crippen molar-refractivity contribution in [2.75, 3.05) is 13.7 Å². The molecule has 0 aliphatic heterocycles. The van der Waals surface area contributed by atoms with Gasteiger partial charge in [-0.05, 0) is 24.6 Å². The lowest BCUT2D eigenvalue weighted by Crippen LogP contribution is -2.27. The van der Waals surface area contributed by atoms with E-state index in [0.717, 1.165) is 0 Å². The van der Waals surface area contributed by atoms with Crippen molar-refractivity contribution in [2.24, 2.45) is 0 Å². The van der Waals surface area contributed by atoms with Gasteiger partial charge in [-0.3, -0.25) is 0 Å². The molecule has 0 bridgehead atoms. The SMILES string of the molecule is COCC(C)(O)c1cccc(C#N)c1. The van der Waals surface area contributed by atoms with Crippen molar-refractivity contribution in [3.05, 3.63) is 35.4 Å². The highest BCUT2D eigenvalue weighted by atomic mass is 16.5. The Bertz CT molecular complexity index is 353. The summed E-state index contributed by atoms with van der Waals surface area (Å²) in [6.45, 7) is 1.87. The molecule has 14 heavy (non-hydrogen) atoms. The van der Waals surface area contributed by atoms with Gasteiger partial charge in [0.25, 0.3) is 0 Å². The lowest BCUT2D eigenvalue weighted by Gasteiger charge is -2.22. The first-order valence-corrected chi connectivity index (χ1v) is 4.32. The van der Waals surface area contributed by atoms with Crippen LogP contribution in [0, 0.1) is 11.3 Å². The summed E-state index contributed by atoms with van der Waals surface area (Å²) in [5, 5.41) is 18.7. The largest absolute Gasteiger partial charge is 0.383 e. The van der Waals surface area contributed by atoms with E-state index in [2.05, 4.69) is 0 Å². The predicted octanol–water partition coefficient (Wildman–Crippen LogP) is 1.41. The highest BCUT2D eigenvalue weighted by Crippen LogP contribution is 2.21. The summed E-state index contributed by atoms with van der Waals surface area (Å²) < 4.78 is 4.90. The Kier molecular flexibility index (Phi) is 3.23. The average Bonchev–Trinajstić information content (AvgIpc) is 2.18. The van der Waals surface area contributed by atoms with Crippen LogP contribution in [-0.4, -0.2) is 18.8 Å². The Labute approximate surface area is 83.6 Å². The smallest absolute Gasteiger partial charge is 0.110 e. The fourth-order valence-corrected chi connectivity index (χ4v) is 1.29. The zero-order valence-corrected chi connectivity index (χ0v) is 8.32. The van der Waals surface area contributed by atoms with Crippen LogP contribution < -0.4 is 0 Å². The first-order valence-electron chi connectivity index (χ1n) is 4.32. The summed E-state index contributed by atoms with van der Waals surface area (Å²) in [7, 11) is 1.53. The van der Waals surface area contributed by atoms with Gasteiger partial charge in [0.15, 0.2) is 0 Å². The van der Waals surface area contributed by atoms with E-state index < -0.39 is 5.60 Å². The molecule has 0 fully saturated rings. The van der Waals surface area contributed by atoms with E-state index in [1.54, 1.807) is 31.2 Å². The van der Waals surface area contributed by atoms with Gasteiger partial charge in [0.1, 0.15) is 5.60 Å². The van der Waals surface area contributed by atoms with Gasteiger partial charge in [-0.2, -0.15) is 5.26 Å². The van der Waals surface area contributed by atoms with E-state index in [0.29, 0.717) is 11.1 Å². The van der Waals surface area contributed by atoms with Crippen LogP contribution in [0.15, 0.2) is 24.3 Å². The molecule has 1 atom stereocenters. The molecule has 0 aliphatic rings. The van der Waals surface area contributed by atoms with Crippen LogP contribution >= 0.6 is 0 Å². The summed E-state index contributed by atoms with van der Waals surface area (Å²) in [6, 6.07) is 8.92. The maximum absolute atomic E-state index is 9.97. The summed E-state index contributed by atoms with van der Waals surface area (Å²) in [4.78, 5) is 0. The van der Waals surface area contributed by atoms with Crippen LogP contribution in [0.2, 0.25) is 0 Å². The topological polar surface area (TPSA) is 53.2 Å². The van der Waals surface area contributed by atoms with E-state index >= 15 is 0 Å². The summed E-state index contributed by atoms with van der Waals surface area (Å²) in [5.74, 6) is 0. The number of benzene rings is 1. The van der Waals surface area contributed by atoms with Crippen LogP contribution in [0.25, 0.3) is 0 Å². The van der Waals surface area contributed by atoms with Crippen LogP contribution in [0.3, 0.4) is 0 Å². The Hall–Kier alpha value is -1.37. The van der Waals surface area contributed by atoms with Gasteiger partial charge in [-0.1, -0.05) is 12.1 Å². The first-order chi connectivity index (χ1) is 6.60. The van der Waals surface area contributed by atoms with E-state index in [4.69, 9.17) is 10.00 Å². The Morgan fingerprint density at radius 1 is 1.57 bits per heavy atom. The second kappa shape index (κ2) is 4.23. The zero-order chi connectivity index (χ0) is 10.6. The van der Waals surface area contributed by atoms with Crippen LogP contribution in [-0.2, 0) is 10.3 Å². The molecular formula is C11H13NO2. The molecule has 74 valence electrons. The zero-order valence-electron chi connectivity index (χ0n) is 8.32. The van der Waals surface area contributed by atoms with E-state index in [-0.39, 0.29) is 6.61 Å². The Morgan fingerprint density at radius 3 is 2.86 bits per heavy atom. The third kappa shape index (κ3) is 2.32. The van der Waals surface area contributed by atoms with Gasteiger partial charge in [0.2, 0.25) is 0 Å². The number of rotatable bonds is 3. The average molecular weight is 191 g/mol. The second-order valence-corrected chi connectivity index (χ2v) is 3.40. The molecule has 0 saturated heterocycles. The molecule has 0 saturated carbocycles. The van der Waals surface area contributed by atoms with Gasteiger partial charge in [-0.15, -0.1) is 0 Å². The van der Waals surface area contributed by atoms with Crippen molar-refractivity contribution in [1.82, 2.24) is 0 Å². The standard InChI is InChI=1S/C11H13NO2/c1-11(13,8-14-2)10-5-3-4-9(6-10)7-12/h3-6,13H,8H2,1-2H3. The lowest BCUT2D eigenvalue weighted by molar-refractivity contribution is -0.0208. The molecule has 1 unspecified atom stereocenters. The highest BCUT2D eigenvalue weighted by molar-refractivity contribution is 5.35. The van der Waals surface area contributed by atoms with Gasteiger partial charge in [-0.25, -0.2) is 0 Å². The predicted molar refractivity (Wildman–Crippen MR) is 52.6 cm³/mol. The fourth-order valence-electron chi connectivity index (χ4n) is 1.29. The molecule has 0 heterocycles. The maximum atomic E-state index is 9.97. The van der Waals surface area contributed by atoms with Gasteiger partial charge >= 0.3 is 0 Å². The molecule has 0 amide bonds. The lowest BCUT2D eigenvalue weighted by atomic mass is 9.95. The minimum absolute atomic E-state index is 0.210. The monoisotopic (exact) mass is 191 g/mol. The molecule has 1 aromatic rings. The third-order valence-electron chi connectivity index (χ3n) is 2.04. The second-order valence-electron chi connectivity index (χ2n) is 3.40. The van der Waals surface area contributed by atoms with Crippen molar-refractivity contribution in [3.63, 3.8) is 0 Å². The number of hydrogen-bond acceptors (Lipinski definition) is 3. The minimum Gasteiger partial charge on any atom is -0.383 e. The maximum Gasteiger partial charge on any atom is 0.110 e. The molecule has 3 nitrogen and oxygen atoms in total. The highest BCUT2D eigenvalue weighted by Gasteiger charge is 2.22. The Balaban J connectivity index is 3.01. The summed E-state index contributed by atoms with van der Waals surface area (Å²) >= 11 is 0. The third-order valence-corrected chi connectivity index (χ3v) is 2.04. The molecule has 1 N–H and O–H groups in total. The van der Waals surface area contributed by atoms with Gasteiger partial charge < -0.3 is 9.84 Å². The van der Waals surface area contributed by atoms with Gasteiger partial charge in [0.05, 0.1) is 18.2 Å². The van der Waals surface area contributed by atoms with Crippen LogP contribution in [0.1, 0.15) is 18.1 Å². The van der Waals surface area contributed by atoms with Crippen LogP contribution in [0.4, 0.5) is 0 Å². The van der Waals surface area contributed by atoms with Gasteiger partial charge in [0, 0.05) is 7.11 Å². The molecule has 0 spiro atoms. The van der Waals surface area contributed by atoms with E-state index in [1.165, 1.54) is 7.11 Å². The van der Waals surface area contributed by atoms with Crippen molar-refractivity contribution in [3.8, 4) is 6.07 Å². The van der Waals surface area contributed by atoms with Crippen molar-refractivity contribution >= 4 is 0 Å². The number of aliphatic hydroxyl groups is 1. The van der Waals surface area contributed by atoms with E-state index in [1.807, 2.05) is 6.07 Å². The Morgan fingerprint density at radius 2 is 2.29 bits per heavy atom. The molecule has 1 rings (SSSR count). The molecule has 0 aromatic heterocycles. The number of hydrogen-bond donors (Lipinski definition) is 1. The number of ether oxygens (including phenoxy) is 1. The first kappa shape index (κ1) is 10.7. The normalized spacial score (nSPS) is 14.4. The quantitative estimate of drug-likeness (QED) is 0.786. The van der Waals surface area contributed by atoms with Crippen molar-refractivity contribution in [1.29, 1.82) is 5.26 Å².